The summed E-state index contributed by atoms with van der Waals surface area (Å²) < 4.78 is 38.2. The van der Waals surface area contributed by atoms with Gasteiger partial charge in [-0.1, -0.05) is 60.7 Å². The zero-order valence-corrected chi connectivity index (χ0v) is 16.3. The second kappa shape index (κ2) is 9.99. The van der Waals surface area contributed by atoms with E-state index in [4.69, 9.17) is 9.47 Å². The molecule has 5 nitrogen and oxygen atoms in total. The van der Waals surface area contributed by atoms with Crippen LogP contribution in [-0.4, -0.2) is 45.1 Å². The zero-order valence-electron chi connectivity index (χ0n) is 15.5. The number of benzene rings is 2. The van der Waals surface area contributed by atoms with E-state index in [9.17, 15) is 8.42 Å². The first-order valence-corrected chi connectivity index (χ1v) is 11.0. The first-order chi connectivity index (χ1) is 13.1. The van der Waals surface area contributed by atoms with Gasteiger partial charge >= 0.3 is 0 Å². The maximum absolute atomic E-state index is 12.6. The third-order valence-corrected chi connectivity index (χ3v) is 6.53. The van der Waals surface area contributed by atoms with Crippen LogP contribution in [0.4, 0.5) is 0 Å². The van der Waals surface area contributed by atoms with E-state index in [0.29, 0.717) is 32.9 Å². The molecule has 6 heteroatoms. The van der Waals surface area contributed by atoms with E-state index in [1.165, 1.54) is 0 Å². The van der Waals surface area contributed by atoms with E-state index < -0.39 is 10.0 Å². The lowest BCUT2D eigenvalue weighted by atomic mass is 10.1. The molecule has 0 N–H and O–H groups in total. The SMILES string of the molecule is O=S(=O)(Cc1ccccc1)N1CCC(OCCOCc2ccccc2)CC1. The van der Waals surface area contributed by atoms with E-state index in [0.717, 1.165) is 24.0 Å². The monoisotopic (exact) mass is 389 g/mol. The predicted molar refractivity (Wildman–Crippen MR) is 106 cm³/mol. The molecule has 1 aliphatic rings. The van der Waals surface area contributed by atoms with E-state index in [-0.39, 0.29) is 11.9 Å². The standard InChI is InChI=1S/C21H27NO4S/c23-27(24,18-20-9-5-2-6-10-20)22-13-11-21(12-14-22)26-16-15-25-17-19-7-3-1-4-8-19/h1-10,21H,11-18H2. The third-order valence-electron chi connectivity index (χ3n) is 4.68. The second-order valence-corrected chi connectivity index (χ2v) is 8.72. The van der Waals surface area contributed by atoms with Gasteiger partial charge in [0.05, 0.1) is 31.7 Å². The lowest BCUT2D eigenvalue weighted by Crippen LogP contribution is -2.41. The Morgan fingerprint density at radius 2 is 1.44 bits per heavy atom. The Balaban J connectivity index is 1.34. The van der Waals surface area contributed by atoms with Crippen molar-refractivity contribution in [2.45, 2.75) is 31.3 Å². The van der Waals surface area contributed by atoms with Crippen LogP contribution in [0.15, 0.2) is 60.7 Å². The van der Waals surface area contributed by atoms with E-state index in [2.05, 4.69) is 0 Å². The topological polar surface area (TPSA) is 55.8 Å². The molecule has 27 heavy (non-hydrogen) atoms. The Morgan fingerprint density at radius 1 is 0.852 bits per heavy atom. The van der Waals surface area contributed by atoms with Crippen molar-refractivity contribution >= 4 is 10.0 Å². The molecule has 0 saturated carbocycles. The average molecular weight is 390 g/mol. The van der Waals surface area contributed by atoms with E-state index in [1.807, 2.05) is 60.7 Å². The fourth-order valence-electron chi connectivity index (χ4n) is 3.19. The van der Waals surface area contributed by atoms with Crippen molar-refractivity contribution in [1.29, 1.82) is 0 Å². The van der Waals surface area contributed by atoms with Crippen LogP contribution in [0, 0.1) is 0 Å². The number of nitrogens with zero attached hydrogens (tertiary/aromatic N) is 1. The molecule has 0 spiro atoms. The minimum absolute atomic E-state index is 0.0622. The summed E-state index contributed by atoms with van der Waals surface area (Å²) >= 11 is 0. The fourth-order valence-corrected chi connectivity index (χ4v) is 4.75. The molecule has 2 aromatic carbocycles. The molecule has 0 aromatic heterocycles. The van der Waals surface area contributed by atoms with Crippen molar-refractivity contribution in [2.24, 2.45) is 0 Å². The molecule has 0 radical (unpaired) electrons. The van der Waals surface area contributed by atoms with Crippen molar-refractivity contribution < 1.29 is 17.9 Å². The summed E-state index contributed by atoms with van der Waals surface area (Å²) in [6.07, 6.45) is 1.56. The van der Waals surface area contributed by atoms with Crippen molar-refractivity contribution in [3.63, 3.8) is 0 Å². The minimum Gasteiger partial charge on any atom is -0.376 e. The Kier molecular flexibility index (Phi) is 7.41. The molecule has 2 aromatic rings. The minimum atomic E-state index is -3.27. The summed E-state index contributed by atoms with van der Waals surface area (Å²) in [7, 11) is -3.27. The molecule has 1 heterocycles. The van der Waals surface area contributed by atoms with Crippen LogP contribution < -0.4 is 0 Å². The van der Waals surface area contributed by atoms with Gasteiger partial charge in [0, 0.05) is 13.1 Å². The summed E-state index contributed by atoms with van der Waals surface area (Å²) in [5, 5.41) is 0. The second-order valence-electron chi connectivity index (χ2n) is 6.75. The molecule has 146 valence electrons. The van der Waals surface area contributed by atoms with Gasteiger partial charge in [0.25, 0.3) is 0 Å². The van der Waals surface area contributed by atoms with Crippen LogP contribution in [0.2, 0.25) is 0 Å². The van der Waals surface area contributed by atoms with Crippen molar-refractivity contribution in [2.75, 3.05) is 26.3 Å². The molecule has 0 aliphatic carbocycles. The van der Waals surface area contributed by atoms with Gasteiger partial charge in [0.15, 0.2) is 0 Å². The van der Waals surface area contributed by atoms with Gasteiger partial charge in [-0.15, -0.1) is 0 Å². The lowest BCUT2D eigenvalue weighted by molar-refractivity contribution is -0.0175. The number of rotatable bonds is 9. The smallest absolute Gasteiger partial charge is 0.218 e. The van der Waals surface area contributed by atoms with Crippen LogP contribution in [0.3, 0.4) is 0 Å². The van der Waals surface area contributed by atoms with Gasteiger partial charge < -0.3 is 9.47 Å². The maximum atomic E-state index is 12.6. The van der Waals surface area contributed by atoms with Crippen LogP contribution >= 0.6 is 0 Å². The van der Waals surface area contributed by atoms with Crippen molar-refractivity contribution in [3.05, 3.63) is 71.8 Å². The highest BCUT2D eigenvalue weighted by molar-refractivity contribution is 7.88. The molecular weight excluding hydrogens is 362 g/mol. The number of piperidine rings is 1. The molecule has 0 unspecified atom stereocenters. The summed E-state index contributed by atoms with van der Waals surface area (Å²) in [4.78, 5) is 0. The van der Waals surface area contributed by atoms with Crippen molar-refractivity contribution in [3.8, 4) is 0 Å². The third kappa shape index (κ3) is 6.43. The molecule has 0 atom stereocenters. The van der Waals surface area contributed by atoms with Gasteiger partial charge in [-0.3, -0.25) is 0 Å². The van der Waals surface area contributed by atoms with Gasteiger partial charge in [0.2, 0.25) is 10.0 Å². The number of hydrogen-bond acceptors (Lipinski definition) is 4. The number of sulfonamides is 1. The first kappa shape index (κ1) is 20.0. The van der Waals surface area contributed by atoms with Gasteiger partial charge in [-0.2, -0.15) is 0 Å². The lowest BCUT2D eigenvalue weighted by Gasteiger charge is -2.31. The molecule has 3 rings (SSSR count). The molecule has 1 saturated heterocycles. The fraction of sp³-hybridized carbons (Fsp3) is 0.429. The van der Waals surface area contributed by atoms with Crippen LogP contribution in [0.1, 0.15) is 24.0 Å². The van der Waals surface area contributed by atoms with Gasteiger partial charge in [-0.05, 0) is 24.0 Å². The zero-order chi connectivity index (χ0) is 19.0. The number of ether oxygens (including phenoxy) is 2. The van der Waals surface area contributed by atoms with Crippen LogP contribution in [0.25, 0.3) is 0 Å². The molecule has 0 amide bonds. The Morgan fingerprint density at radius 3 is 2.07 bits per heavy atom. The maximum Gasteiger partial charge on any atom is 0.218 e. The first-order valence-electron chi connectivity index (χ1n) is 9.38. The molecule has 0 bridgehead atoms. The average Bonchev–Trinajstić information content (AvgIpc) is 2.69. The normalized spacial score (nSPS) is 16.4. The highest BCUT2D eigenvalue weighted by atomic mass is 32.2. The molecular formula is C21H27NO4S. The molecule has 1 fully saturated rings. The number of hydrogen-bond donors (Lipinski definition) is 0. The Labute approximate surface area is 162 Å². The summed E-state index contributed by atoms with van der Waals surface area (Å²) in [6, 6.07) is 19.4. The largest absolute Gasteiger partial charge is 0.376 e. The quantitative estimate of drug-likeness (QED) is 0.618. The van der Waals surface area contributed by atoms with Crippen molar-refractivity contribution in [1.82, 2.24) is 4.31 Å². The highest BCUT2D eigenvalue weighted by Gasteiger charge is 2.28. The van der Waals surface area contributed by atoms with E-state index >= 15 is 0 Å². The van der Waals surface area contributed by atoms with Crippen LogP contribution in [0.5, 0.6) is 0 Å². The Bertz CT molecular complexity index is 772. The van der Waals surface area contributed by atoms with E-state index in [1.54, 1.807) is 4.31 Å². The summed E-state index contributed by atoms with van der Waals surface area (Å²) in [6.45, 7) is 2.70. The highest BCUT2D eigenvalue weighted by Crippen LogP contribution is 2.19. The molecule has 1 aliphatic heterocycles. The van der Waals surface area contributed by atoms with Gasteiger partial charge in [0.1, 0.15) is 0 Å². The predicted octanol–water partition coefficient (Wildman–Crippen LogP) is 3.21. The summed E-state index contributed by atoms with van der Waals surface area (Å²) in [5.74, 6) is 0.0622. The van der Waals surface area contributed by atoms with Gasteiger partial charge in [-0.25, -0.2) is 12.7 Å². The van der Waals surface area contributed by atoms with Crippen LogP contribution in [-0.2, 0) is 31.9 Å². The summed E-state index contributed by atoms with van der Waals surface area (Å²) in [5.41, 5.74) is 1.97. The Hall–Kier alpha value is -1.73.